The highest BCUT2D eigenvalue weighted by Crippen LogP contribution is 2.34. The topological polar surface area (TPSA) is 29.3 Å². The Morgan fingerprint density at radius 3 is 2.84 bits per heavy atom. The lowest BCUT2D eigenvalue weighted by Gasteiger charge is -2.43. The first-order valence-electron chi connectivity index (χ1n) is 6.95. The molecule has 0 bridgehead atoms. The Labute approximate surface area is 129 Å². The van der Waals surface area contributed by atoms with Gasteiger partial charge in [0.1, 0.15) is 0 Å². The molecule has 0 amide bonds. The molecule has 1 aliphatic rings. The van der Waals surface area contributed by atoms with Crippen molar-refractivity contribution in [2.75, 3.05) is 13.1 Å². The monoisotopic (exact) mass is 344 g/mol. The van der Waals surface area contributed by atoms with Gasteiger partial charge in [0, 0.05) is 28.1 Å². The minimum absolute atomic E-state index is 0.268. The second kappa shape index (κ2) is 6.57. The van der Waals surface area contributed by atoms with E-state index in [1.165, 1.54) is 18.4 Å². The van der Waals surface area contributed by atoms with E-state index in [1.807, 2.05) is 12.1 Å². The van der Waals surface area contributed by atoms with Crippen molar-refractivity contribution in [1.82, 2.24) is 4.90 Å². The zero-order valence-corrected chi connectivity index (χ0v) is 13.9. The molecule has 2 nitrogen and oxygen atoms in total. The first kappa shape index (κ1) is 15.3. The Balaban J connectivity index is 2.28. The Bertz CT molecular complexity index is 438. The third-order valence-electron chi connectivity index (χ3n) is 4.37. The van der Waals surface area contributed by atoms with Crippen LogP contribution < -0.4 is 5.73 Å². The molecule has 106 valence electrons. The van der Waals surface area contributed by atoms with Crippen molar-refractivity contribution < 1.29 is 0 Å². The number of nitrogens with two attached hydrogens (primary N) is 1. The minimum atomic E-state index is 0.268. The molecule has 0 radical (unpaired) electrons. The summed E-state index contributed by atoms with van der Waals surface area (Å²) in [5.74, 6) is 0.730. The Hall–Kier alpha value is -0.0900. The lowest BCUT2D eigenvalue weighted by atomic mass is 9.89. The highest BCUT2D eigenvalue weighted by atomic mass is 79.9. The fraction of sp³-hybridized carbons (Fsp3) is 0.600. The van der Waals surface area contributed by atoms with Crippen molar-refractivity contribution in [1.29, 1.82) is 0 Å². The second-order valence-electron chi connectivity index (χ2n) is 5.52. The van der Waals surface area contributed by atoms with Crippen LogP contribution in [0.2, 0.25) is 5.02 Å². The molecule has 19 heavy (non-hydrogen) atoms. The second-order valence-corrected chi connectivity index (χ2v) is 6.81. The van der Waals surface area contributed by atoms with Gasteiger partial charge in [-0.15, -0.1) is 0 Å². The normalized spacial score (nSPS) is 26.4. The fourth-order valence-electron chi connectivity index (χ4n) is 3.02. The maximum Gasteiger partial charge on any atom is 0.0484 e. The van der Waals surface area contributed by atoms with Crippen LogP contribution in [0.25, 0.3) is 0 Å². The molecule has 4 heteroatoms. The highest BCUT2D eigenvalue weighted by molar-refractivity contribution is 9.10. The minimum Gasteiger partial charge on any atom is -0.329 e. The summed E-state index contributed by atoms with van der Waals surface area (Å²) in [6, 6.07) is 6.84. The lowest BCUT2D eigenvalue weighted by molar-refractivity contribution is 0.0707. The molecule has 1 fully saturated rings. The van der Waals surface area contributed by atoms with Crippen LogP contribution >= 0.6 is 27.5 Å². The van der Waals surface area contributed by atoms with E-state index in [0.29, 0.717) is 12.6 Å². The maximum atomic E-state index is 6.05. The van der Waals surface area contributed by atoms with Crippen molar-refractivity contribution >= 4 is 27.5 Å². The summed E-state index contributed by atoms with van der Waals surface area (Å²) in [6.07, 6.45) is 2.57. The van der Waals surface area contributed by atoms with Crippen LogP contribution in [0, 0.1) is 5.92 Å². The summed E-state index contributed by atoms with van der Waals surface area (Å²) in [5.41, 5.74) is 7.30. The van der Waals surface area contributed by atoms with Gasteiger partial charge in [-0.05, 0) is 49.9 Å². The van der Waals surface area contributed by atoms with E-state index in [0.717, 1.165) is 22.0 Å². The molecule has 0 saturated carbocycles. The molecule has 1 saturated heterocycles. The molecule has 2 N–H and O–H groups in total. The number of halogens is 2. The average Bonchev–Trinajstić information content (AvgIpc) is 2.37. The van der Waals surface area contributed by atoms with E-state index in [1.54, 1.807) is 0 Å². The molecule has 1 aromatic rings. The quantitative estimate of drug-likeness (QED) is 0.888. The van der Waals surface area contributed by atoms with Crippen LogP contribution in [0.4, 0.5) is 0 Å². The van der Waals surface area contributed by atoms with Crippen molar-refractivity contribution in [3.63, 3.8) is 0 Å². The van der Waals surface area contributed by atoms with Crippen LogP contribution in [0.15, 0.2) is 22.7 Å². The molecule has 3 atom stereocenters. The number of likely N-dealkylation sites (tertiary alicyclic amines) is 1. The number of nitrogens with zero attached hydrogens (tertiary/aromatic N) is 1. The van der Waals surface area contributed by atoms with Crippen molar-refractivity contribution in [3.05, 3.63) is 33.3 Å². The number of rotatable bonds is 3. The standard InChI is InChI=1S/C15H22BrClN2/c1-10-4-3-7-19(11(10)2)15(9-18)13-6-5-12(17)8-14(13)16/h5-6,8,10-11,15H,3-4,7,9,18H2,1-2H3. The zero-order valence-electron chi connectivity index (χ0n) is 11.6. The zero-order chi connectivity index (χ0) is 14.0. The van der Waals surface area contributed by atoms with E-state index in [-0.39, 0.29) is 6.04 Å². The Kier molecular flexibility index (Phi) is 5.29. The number of benzene rings is 1. The molecule has 1 aliphatic heterocycles. The SMILES string of the molecule is CC1CCCN(C(CN)c2ccc(Cl)cc2Br)C1C. The molecule has 0 aromatic heterocycles. The van der Waals surface area contributed by atoms with Crippen molar-refractivity contribution in [3.8, 4) is 0 Å². The first-order valence-corrected chi connectivity index (χ1v) is 8.12. The van der Waals surface area contributed by atoms with Crippen molar-refractivity contribution in [2.45, 2.75) is 38.8 Å². The van der Waals surface area contributed by atoms with Crippen LogP contribution in [0.5, 0.6) is 0 Å². The summed E-state index contributed by atoms with van der Waals surface area (Å²) in [4.78, 5) is 2.54. The number of hydrogen-bond donors (Lipinski definition) is 1. The Morgan fingerprint density at radius 2 is 2.21 bits per heavy atom. The van der Waals surface area contributed by atoms with E-state index in [2.05, 4.69) is 40.7 Å². The molecular weight excluding hydrogens is 324 g/mol. The third-order valence-corrected chi connectivity index (χ3v) is 5.29. The van der Waals surface area contributed by atoms with Gasteiger partial charge in [0.25, 0.3) is 0 Å². The van der Waals surface area contributed by atoms with Crippen molar-refractivity contribution in [2.24, 2.45) is 11.7 Å². The fourth-order valence-corrected chi connectivity index (χ4v) is 3.97. The van der Waals surface area contributed by atoms with Gasteiger partial charge in [-0.25, -0.2) is 0 Å². The van der Waals surface area contributed by atoms with Gasteiger partial charge in [-0.3, -0.25) is 4.90 Å². The number of piperidine rings is 1. The van der Waals surface area contributed by atoms with E-state index < -0.39 is 0 Å². The van der Waals surface area contributed by atoms with Gasteiger partial charge in [0.2, 0.25) is 0 Å². The van der Waals surface area contributed by atoms with E-state index in [4.69, 9.17) is 17.3 Å². The van der Waals surface area contributed by atoms with E-state index in [9.17, 15) is 0 Å². The van der Waals surface area contributed by atoms with Crippen LogP contribution in [-0.2, 0) is 0 Å². The molecule has 2 rings (SSSR count). The molecule has 3 unspecified atom stereocenters. The molecule has 1 aromatic carbocycles. The molecule has 0 spiro atoms. The summed E-state index contributed by atoms with van der Waals surface area (Å²) >= 11 is 9.65. The Morgan fingerprint density at radius 1 is 1.47 bits per heavy atom. The van der Waals surface area contributed by atoms with Crippen LogP contribution in [0.1, 0.15) is 38.3 Å². The third kappa shape index (κ3) is 3.33. The largest absolute Gasteiger partial charge is 0.329 e. The van der Waals surface area contributed by atoms with Crippen LogP contribution in [-0.4, -0.2) is 24.0 Å². The van der Waals surface area contributed by atoms with Crippen LogP contribution in [0.3, 0.4) is 0 Å². The van der Waals surface area contributed by atoms with Gasteiger partial charge in [0.05, 0.1) is 0 Å². The summed E-state index contributed by atoms with van der Waals surface area (Å²) in [5, 5.41) is 0.756. The summed E-state index contributed by atoms with van der Waals surface area (Å²) in [6.45, 7) is 6.41. The molecule has 1 heterocycles. The summed E-state index contributed by atoms with van der Waals surface area (Å²) < 4.78 is 1.06. The van der Waals surface area contributed by atoms with Gasteiger partial charge in [-0.2, -0.15) is 0 Å². The predicted molar refractivity (Wildman–Crippen MR) is 85.5 cm³/mol. The molecule has 0 aliphatic carbocycles. The summed E-state index contributed by atoms with van der Waals surface area (Å²) in [7, 11) is 0. The number of hydrogen-bond acceptors (Lipinski definition) is 2. The average molecular weight is 346 g/mol. The predicted octanol–water partition coefficient (Wildman–Crippen LogP) is 4.22. The van der Waals surface area contributed by atoms with E-state index >= 15 is 0 Å². The van der Waals surface area contributed by atoms with Gasteiger partial charge in [-0.1, -0.05) is 40.5 Å². The smallest absolute Gasteiger partial charge is 0.0484 e. The van der Waals surface area contributed by atoms with Gasteiger partial charge < -0.3 is 5.73 Å². The van der Waals surface area contributed by atoms with Gasteiger partial charge >= 0.3 is 0 Å². The first-order chi connectivity index (χ1) is 9.04. The molecular formula is C15H22BrClN2. The highest BCUT2D eigenvalue weighted by Gasteiger charge is 2.31. The maximum absolute atomic E-state index is 6.05. The van der Waals surface area contributed by atoms with Gasteiger partial charge in [0.15, 0.2) is 0 Å². The lowest BCUT2D eigenvalue weighted by Crippen LogP contribution is -2.46.